The number of ether oxygens (including phenoxy) is 1. The van der Waals surface area contributed by atoms with Crippen LogP contribution in [0.15, 0.2) is 6.07 Å². The number of piperidine rings is 1. The van der Waals surface area contributed by atoms with Crippen molar-refractivity contribution in [3.63, 3.8) is 0 Å². The molecule has 2 aromatic rings. The standard InChI is InChI=1S/C16H24N6O2/c1-11-8-12(2)22-15(19-11)20-13(21-22)14(23)18-9-16(10-24-3)4-6-17-7-5-16/h8,17H,4-7,9-10H2,1-3H3,(H,18,23). The molecular weight excluding hydrogens is 308 g/mol. The van der Waals surface area contributed by atoms with E-state index >= 15 is 0 Å². The Morgan fingerprint density at radius 3 is 2.83 bits per heavy atom. The van der Waals surface area contributed by atoms with Gasteiger partial charge in [0.1, 0.15) is 0 Å². The maximum absolute atomic E-state index is 12.5. The zero-order valence-corrected chi connectivity index (χ0v) is 14.4. The van der Waals surface area contributed by atoms with Crippen molar-refractivity contribution in [2.45, 2.75) is 26.7 Å². The van der Waals surface area contributed by atoms with Crippen molar-refractivity contribution in [2.24, 2.45) is 5.41 Å². The second kappa shape index (κ2) is 6.82. The van der Waals surface area contributed by atoms with E-state index in [1.54, 1.807) is 11.6 Å². The zero-order valence-electron chi connectivity index (χ0n) is 14.4. The van der Waals surface area contributed by atoms with E-state index in [1.807, 2.05) is 19.9 Å². The molecular formula is C16H24N6O2. The Morgan fingerprint density at radius 1 is 1.38 bits per heavy atom. The maximum Gasteiger partial charge on any atom is 0.291 e. The van der Waals surface area contributed by atoms with Crippen LogP contribution in [0.25, 0.3) is 5.78 Å². The molecule has 1 saturated heterocycles. The predicted octanol–water partition coefficient (Wildman–Crippen LogP) is 0.487. The molecule has 3 rings (SSSR count). The summed E-state index contributed by atoms with van der Waals surface area (Å²) in [6.07, 6.45) is 1.94. The molecule has 0 atom stereocenters. The fraction of sp³-hybridized carbons (Fsp3) is 0.625. The minimum atomic E-state index is -0.272. The van der Waals surface area contributed by atoms with Crippen LogP contribution in [0.3, 0.4) is 0 Å². The molecule has 0 unspecified atom stereocenters. The molecule has 1 aliphatic heterocycles. The summed E-state index contributed by atoms with van der Waals surface area (Å²) < 4.78 is 6.97. The van der Waals surface area contributed by atoms with Gasteiger partial charge in [-0.05, 0) is 45.8 Å². The molecule has 24 heavy (non-hydrogen) atoms. The Labute approximate surface area is 141 Å². The van der Waals surface area contributed by atoms with E-state index in [0.717, 1.165) is 37.3 Å². The number of hydrogen-bond acceptors (Lipinski definition) is 6. The summed E-state index contributed by atoms with van der Waals surface area (Å²) in [6, 6.07) is 1.91. The molecule has 8 nitrogen and oxygen atoms in total. The minimum absolute atomic E-state index is 0.0282. The van der Waals surface area contributed by atoms with E-state index in [-0.39, 0.29) is 17.1 Å². The number of aryl methyl sites for hydroxylation is 2. The van der Waals surface area contributed by atoms with E-state index in [9.17, 15) is 4.79 Å². The molecule has 3 heterocycles. The number of amides is 1. The molecule has 2 N–H and O–H groups in total. The molecule has 0 radical (unpaired) electrons. The third-order valence-electron chi connectivity index (χ3n) is 4.56. The van der Waals surface area contributed by atoms with Crippen LogP contribution < -0.4 is 10.6 Å². The predicted molar refractivity (Wildman–Crippen MR) is 89.0 cm³/mol. The first-order chi connectivity index (χ1) is 11.5. The Bertz CT molecular complexity index is 730. The third kappa shape index (κ3) is 3.39. The van der Waals surface area contributed by atoms with Crippen molar-refractivity contribution in [3.8, 4) is 0 Å². The van der Waals surface area contributed by atoms with E-state index in [0.29, 0.717) is 18.9 Å². The van der Waals surface area contributed by atoms with Crippen LogP contribution in [0.2, 0.25) is 0 Å². The van der Waals surface area contributed by atoms with Crippen molar-refractivity contribution in [2.75, 3.05) is 33.4 Å². The molecule has 0 spiro atoms. The van der Waals surface area contributed by atoms with Gasteiger partial charge in [0, 0.05) is 30.5 Å². The molecule has 2 aromatic heterocycles. The topological polar surface area (TPSA) is 93.4 Å². The summed E-state index contributed by atoms with van der Waals surface area (Å²) in [5.41, 5.74) is 1.73. The van der Waals surface area contributed by atoms with Gasteiger partial charge in [0.2, 0.25) is 5.82 Å². The van der Waals surface area contributed by atoms with Crippen LogP contribution in [0, 0.1) is 19.3 Å². The average Bonchev–Trinajstić information content (AvgIpc) is 2.98. The van der Waals surface area contributed by atoms with Crippen molar-refractivity contribution in [1.82, 2.24) is 30.2 Å². The SMILES string of the molecule is COCC1(CNC(=O)c2nc3nc(C)cc(C)n3n2)CCNCC1. The molecule has 1 aliphatic rings. The van der Waals surface area contributed by atoms with Gasteiger partial charge in [-0.1, -0.05) is 0 Å². The Hall–Kier alpha value is -2.06. The van der Waals surface area contributed by atoms with Crippen molar-refractivity contribution >= 4 is 11.7 Å². The third-order valence-corrected chi connectivity index (χ3v) is 4.56. The van der Waals surface area contributed by atoms with Crippen LogP contribution in [-0.4, -0.2) is 58.8 Å². The lowest BCUT2D eigenvalue weighted by Crippen LogP contribution is -2.47. The van der Waals surface area contributed by atoms with Crippen molar-refractivity contribution < 1.29 is 9.53 Å². The van der Waals surface area contributed by atoms with Gasteiger partial charge >= 0.3 is 0 Å². The first kappa shape index (κ1) is 16.8. The lowest BCUT2D eigenvalue weighted by molar-refractivity contribution is 0.0509. The number of methoxy groups -OCH3 is 1. The van der Waals surface area contributed by atoms with Gasteiger partial charge < -0.3 is 15.4 Å². The minimum Gasteiger partial charge on any atom is -0.384 e. The molecule has 1 fully saturated rings. The number of nitrogens with one attached hydrogen (secondary N) is 2. The fourth-order valence-electron chi connectivity index (χ4n) is 3.24. The summed E-state index contributed by atoms with van der Waals surface area (Å²) in [5.74, 6) is 0.329. The van der Waals surface area contributed by atoms with Crippen LogP contribution in [0.5, 0.6) is 0 Å². The zero-order chi connectivity index (χ0) is 17.2. The first-order valence-electron chi connectivity index (χ1n) is 8.22. The quantitative estimate of drug-likeness (QED) is 0.827. The van der Waals surface area contributed by atoms with Crippen LogP contribution in [0.4, 0.5) is 0 Å². The van der Waals surface area contributed by atoms with Gasteiger partial charge in [0.25, 0.3) is 11.7 Å². The molecule has 0 aliphatic carbocycles. The van der Waals surface area contributed by atoms with Crippen molar-refractivity contribution in [3.05, 3.63) is 23.3 Å². The number of rotatable bonds is 5. The van der Waals surface area contributed by atoms with Gasteiger partial charge in [0.05, 0.1) is 6.61 Å². The maximum atomic E-state index is 12.5. The van der Waals surface area contributed by atoms with Gasteiger partial charge in [0.15, 0.2) is 0 Å². The van der Waals surface area contributed by atoms with Gasteiger partial charge in [-0.2, -0.15) is 4.98 Å². The molecule has 1 amide bonds. The summed E-state index contributed by atoms with van der Waals surface area (Å²) >= 11 is 0. The number of fused-ring (bicyclic) bond motifs is 1. The Kier molecular flexibility index (Phi) is 4.77. The summed E-state index contributed by atoms with van der Waals surface area (Å²) in [7, 11) is 1.70. The highest BCUT2D eigenvalue weighted by Crippen LogP contribution is 2.28. The normalized spacial score (nSPS) is 17.1. The van der Waals surface area contributed by atoms with Crippen LogP contribution in [0.1, 0.15) is 34.8 Å². The monoisotopic (exact) mass is 332 g/mol. The van der Waals surface area contributed by atoms with Gasteiger partial charge in [-0.15, -0.1) is 5.10 Å². The van der Waals surface area contributed by atoms with E-state index < -0.39 is 0 Å². The first-order valence-corrected chi connectivity index (χ1v) is 8.22. The highest BCUT2D eigenvalue weighted by molar-refractivity contribution is 5.90. The lowest BCUT2D eigenvalue weighted by Gasteiger charge is -2.37. The van der Waals surface area contributed by atoms with Crippen molar-refractivity contribution in [1.29, 1.82) is 0 Å². The number of nitrogens with zero attached hydrogens (tertiary/aromatic N) is 4. The highest BCUT2D eigenvalue weighted by atomic mass is 16.5. The second-order valence-electron chi connectivity index (χ2n) is 6.55. The Balaban J connectivity index is 1.73. The van der Waals surface area contributed by atoms with E-state index in [4.69, 9.17) is 4.74 Å². The highest BCUT2D eigenvalue weighted by Gasteiger charge is 2.33. The van der Waals surface area contributed by atoms with E-state index in [1.165, 1.54) is 0 Å². The van der Waals surface area contributed by atoms with Crippen LogP contribution >= 0.6 is 0 Å². The van der Waals surface area contributed by atoms with Crippen LogP contribution in [-0.2, 0) is 4.74 Å². The van der Waals surface area contributed by atoms with Gasteiger partial charge in [-0.25, -0.2) is 9.50 Å². The van der Waals surface area contributed by atoms with E-state index in [2.05, 4.69) is 25.7 Å². The summed E-state index contributed by atoms with van der Waals surface area (Å²) in [6.45, 7) is 6.88. The average molecular weight is 332 g/mol. The molecule has 0 saturated carbocycles. The summed E-state index contributed by atoms with van der Waals surface area (Å²) in [4.78, 5) is 21.0. The molecule has 0 bridgehead atoms. The molecule has 8 heteroatoms. The van der Waals surface area contributed by atoms with Gasteiger partial charge in [-0.3, -0.25) is 4.79 Å². The second-order valence-corrected chi connectivity index (χ2v) is 6.55. The number of carbonyl (C=O) groups excluding carboxylic acids is 1. The molecule has 130 valence electrons. The summed E-state index contributed by atoms with van der Waals surface area (Å²) in [5, 5.41) is 10.6. The Morgan fingerprint density at radius 2 is 2.12 bits per heavy atom. The fourth-order valence-corrected chi connectivity index (χ4v) is 3.24. The number of aromatic nitrogens is 4. The lowest BCUT2D eigenvalue weighted by atomic mass is 9.79. The smallest absolute Gasteiger partial charge is 0.291 e. The number of carbonyl (C=O) groups is 1. The largest absolute Gasteiger partial charge is 0.384 e. The number of hydrogen-bond donors (Lipinski definition) is 2. The molecule has 0 aromatic carbocycles.